The second kappa shape index (κ2) is 4.50. The summed E-state index contributed by atoms with van der Waals surface area (Å²) in [4.78, 5) is 20.4. The van der Waals surface area contributed by atoms with Crippen molar-refractivity contribution < 1.29 is 4.79 Å². The third-order valence-corrected chi connectivity index (χ3v) is 1.47. The molecular weight excluding hydrogens is 166 g/mol. The van der Waals surface area contributed by atoms with E-state index in [-0.39, 0.29) is 0 Å². The molecule has 0 atom stereocenters. The van der Waals surface area contributed by atoms with E-state index in [2.05, 4.69) is 9.97 Å². The quantitative estimate of drug-likeness (QED) is 0.621. The van der Waals surface area contributed by atoms with Crippen LogP contribution in [0.2, 0.25) is 0 Å². The third kappa shape index (κ3) is 2.78. The zero-order valence-corrected chi connectivity index (χ0v) is 7.69. The highest BCUT2D eigenvalue weighted by Crippen LogP contribution is 2.05. The van der Waals surface area contributed by atoms with E-state index in [9.17, 15) is 4.79 Å². The molecule has 0 N–H and O–H groups in total. The maximum absolute atomic E-state index is 10.6. The average molecular weight is 177 g/mol. The van der Waals surface area contributed by atoms with Gasteiger partial charge in [0, 0.05) is 18.9 Å². The van der Waals surface area contributed by atoms with E-state index in [1.807, 2.05) is 24.9 Å². The molecule has 0 amide bonds. The Hall–Kier alpha value is -1.51. The summed E-state index contributed by atoms with van der Waals surface area (Å²) >= 11 is 0. The summed E-state index contributed by atoms with van der Waals surface area (Å²) < 4.78 is 0. The number of aromatic nitrogens is 2. The number of hydrogen-bond acceptors (Lipinski definition) is 4. The smallest absolute Gasteiger partial charge is 0.131 e. The van der Waals surface area contributed by atoms with Gasteiger partial charge in [-0.3, -0.25) is 9.97 Å². The predicted molar refractivity (Wildman–Crippen MR) is 49.7 cm³/mol. The van der Waals surface area contributed by atoms with Gasteiger partial charge in [-0.25, -0.2) is 4.79 Å². The minimum Gasteiger partial charge on any atom is -0.304 e. The molecule has 0 aromatic carbocycles. The fourth-order valence-electron chi connectivity index (χ4n) is 0.937. The molecule has 0 bridgehead atoms. The van der Waals surface area contributed by atoms with Gasteiger partial charge in [0.1, 0.15) is 5.94 Å². The molecule has 0 aliphatic carbocycles. The van der Waals surface area contributed by atoms with Crippen LogP contribution >= 0.6 is 0 Å². The zero-order chi connectivity index (χ0) is 9.68. The van der Waals surface area contributed by atoms with Crippen molar-refractivity contribution in [2.45, 2.75) is 0 Å². The normalized spacial score (nSPS) is 9.77. The largest absolute Gasteiger partial charge is 0.304 e. The van der Waals surface area contributed by atoms with Crippen LogP contribution in [0.25, 0.3) is 5.57 Å². The molecule has 0 aliphatic heterocycles. The number of carbonyl (C=O) groups excluding carboxylic acids is 1. The molecule has 0 aliphatic rings. The first-order valence-electron chi connectivity index (χ1n) is 3.89. The van der Waals surface area contributed by atoms with Crippen molar-refractivity contribution in [3.63, 3.8) is 0 Å². The summed E-state index contributed by atoms with van der Waals surface area (Å²) in [5, 5.41) is 0. The topological polar surface area (TPSA) is 46.1 Å². The Kier molecular flexibility index (Phi) is 3.31. The molecule has 68 valence electrons. The molecule has 0 fully saturated rings. The summed E-state index contributed by atoms with van der Waals surface area (Å²) in [6.07, 6.45) is 4.69. The Labute approximate surface area is 76.9 Å². The maximum Gasteiger partial charge on any atom is 0.131 e. The molecule has 1 rings (SSSR count). The summed E-state index contributed by atoms with van der Waals surface area (Å²) in [5.41, 5.74) is 1.12. The zero-order valence-electron chi connectivity index (χ0n) is 7.69. The van der Waals surface area contributed by atoms with Gasteiger partial charge in [0.2, 0.25) is 0 Å². The SMILES string of the molecule is CN(C)CC(=C=O)c1cnccn1. The highest BCUT2D eigenvalue weighted by molar-refractivity contribution is 5.86. The van der Waals surface area contributed by atoms with Crippen molar-refractivity contribution in [1.29, 1.82) is 0 Å². The first-order valence-corrected chi connectivity index (χ1v) is 3.89. The predicted octanol–water partition coefficient (Wildman–Crippen LogP) is 0.253. The second-order valence-electron chi connectivity index (χ2n) is 2.91. The molecule has 0 radical (unpaired) electrons. The summed E-state index contributed by atoms with van der Waals surface area (Å²) in [6.45, 7) is 0.530. The molecule has 1 aromatic rings. The Balaban J connectivity index is 2.87. The second-order valence-corrected chi connectivity index (χ2v) is 2.91. The van der Waals surface area contributed by atoms with E-state index in [0.29, 0.717) is 17.8 Å². The molecule has 0 saturated heterocycles. The number of nitrogens with zero attached hydrogens (tertiary/aromatic N) is 3. The molecule has 1 aromatic heterocycles. The Morgan fingerprint density at radius 1 is 1.54 bits per heavy atom. The van der Waals surface area contributed by atoms with Crippen LogP contribution in [0.15, 0.2) is 18.6 Å². The standard InChI is InChI=1S/C9H11N3O/c1-12(2)6-8(7-13)9-5-10-3-4-11-9/h3-5H,6H2,1-2H3. The van der Waals surface area contributed by atoms with Crippen molar-refractivity contribution >= 4 is 11.5 Å². The molecule has 4 nitrogen and oxygen atoms in total. The van der Waals surface area contributed by atoms with Crippen molar-refractivity contribution in [3.05, 3.63) is 24.3 Å². The maximum atomic E-state index is 10.6. The van der Waals surface area contributed by atoms with E-state index in [1.54, 1.807) is 18.6 Å². The monoisotopic (exact) mass is 177 g/mol. The molecule has 0 unspecified atom stereocenters. The molecule has 4 heteroatoms. The van der Waals surface area contributed by atoms with Crippen LogP contribution in [0.4, 0.5) is 0 Å². The van der Waals surface area contributed by atoms with Gasteiger partial charge < -0.3 is 4.90 Å². The van der Waals surface area contributed by atoms with Crippen molar-refractivity contribution in [1.82, 2.24) is 14.9 Å². The first kappa shape index (κ1) is 9.58. The number of hydrogen-bond donors (Lipinski definition) is 0. The van der Waals surface area contributed by atoms with Crippen molar-refractivity contribution in [3.8, 4) is 0 Å². The number of likely N-dealkylation sites (N-methyl/N-ethyl adjacent to an activating group) is 1. The summed E-state index contributed by atoms with van der Waals surface area (Å²) in [7, 11) is 3.77. The lowest BCUT2D eigenvalue weighted by Crippen LogP contribution is -2.15. The van der Waals surface area contributed by atoms with Crippen molar-refractivity contribution in [2.24, 2.45) is 0 Å². The van der Waals surface area contributed by atoms with Crippen LogP contribution < -0.4 is 0 Å². The highest BCUT2D eigenvalue weighted by Gasteiger charge is 2.04. The van der Waals surface area contributed by atoms with Crippen molar-refractivity contribution in [2.75, 3.05) is 20.6 Å². The minimum atomic E-state index is 0.526. The van der Waals surface area contributed by atoms with Gasteiger partial charge in [0.25, 0.3) is 0 Å². The summed E-state index contributed by atoms with van der Waals surface area (Å²) in [5.74, 6) is 1.87. The van der Waals surface area contributed by atoms with Gasteiger partial charge in [-0.2, -0.15) is 0 Å². The average Bonchev–Trinajstić information content (AvgIpc) is 2.15. The van der Waals surface area contributed by atoms with Crippen LogP contribution in [-0.4, -0.2) is 41.4 Å². The Morgan fingerprint density at radius 2 is 2.31 bits per heavy atom. The lowest BCUT2D eigenvalue weighted by atomic mass is 10.2. The first-order chi connectivity index (χ1) is 6.24. The van der Waals surface area contributed by atoms with E-state index >= 15 is 0 Å². The summed E-state index contributed by atoms with van der Waals surface area (Å²) in [6, 6.07) is 0. The Morgan fingerprint density at radius 3 is 2.77 bits per heavy atom. The van der Waals surface area contributed by atoms with Crippen LogP contribution in [0, 0.1) is 0 Å². The highest BCUT2D eigenvalue weighted by atomic mass is 16.1. The minimum absolute atomic E-state index is 0.526. The van der Waals surface area contributed by atoms with Gasteiger partial charge in [-0.05, 0) is 14.1 Å². The van der Waals surface area contributed by atoms with E-state index in [1.165, 1.54) is 0 Å². The van der Waals surface area contributed by atoms with Crippen LogP contribution in [0.3, 0.4) is 0 Å². The molecular formula is C9H11N3O. The van der Waals surface area contributed by atoms with Crippen LogP contribution in [-0.2, 0) is 4.79 Å². The van der Waals surface area contributed by atoms with E-state index in [4.69, 9.17) is 0 Å². The van der Waals surface area contributed by atoms with E-state index < -0.39 is 0 Å². The number of rotatable bonds is 3. The van der Waals surface area contributed by atoms with Gasteiger partial charge in [0.05, 0.1) is 17.5 Å². The van der Waals surface area contributed by atoms with E-state index in [0.717, 1.165) is 0 Å². The lowest BCUT2D eigenvalue weighted by Gasteiger charge is -2.08. The molecule has 0 spiro atoms. The van der Waals surface area contributed by atoms with Gasteiger partial charge in [0.15, 0.2) is 0 Å². The Bertz CT molecular complexity index is 315. The van der Waals surface area contributed by atoms with Crippen LogP contribution in [0.5, 0.6) is 0 Å². The van der Waals surface area contributed by atoms with Gasteiger partial charge in [-0.15, -0.1) is 0 Å². The van der Waals surface area contributed by atoms with Crippen LogP contribution in [0.1, 0.15) is 5.69 Å². The fraction of sp³-hybridized carbons (Fsp3) is 0.333. The fourth-order valence-corrected chi connectivity index (χ4v) is 0.937. The third-order valence-electron chi connectivity index (χ3n) is 1.47. The molecule has 13 heavy (non-hydrogen) atoms. The molecule has 0 saturated carbocycles. The lowest BCUT2D eigenvalue weighted by molar-refractivity contribution is 0.462. The molecule has 1 heterocycles. The van der Waals surface area contributed by atoms with Gasteiger partial charge in [-0.1, -0.05) is 0 Å². The van der Waals surface area contributed by atoms with Gasteiger partial charge >= 0.3 is 0 Å².